The lowest BCUT2D eigenvalue weighted by Crippen LogP contribution is -2.38. The number of aryl methyl sites for hydroxylation is 1. The second kappa shape index (κ2) is 7.66. The van der Waals surface area contributed by atoms with Crippen molar-refractivity contribution >= 4 is 11.7 Å². The average molecular weight is 360 g/mol. The number of aromatic nitrogens is 2. The minimum absolute atomic E-state index is 0.0481. The number of carbonyl (C=O) groups excluding carboxylic acids is 1. The molecule has 4 rings (SSSR count). The van der Waals surface area contributed by atoms with Crippen molar-refractivity contribution < 1.29 is 4.79 Å². The van der Waals surface area contributed by atoms with Crippen molar-refractivity contribution in [2.45, 2.75) is 32.9 Å². The first-order valence-electron chi connectivity index (χ1n) is 9.48. The highest BCUT2D eigenvalue weighted by molar-refractivity contribution is 5.89. The molecule has 1 aliphatic heterocycles. The number of urea groups is 1. The summed E-state index contributed by atoms with van der Waals surface area (Å²) >= 11 is 0. The van der Waals surface area contributed by atoms with Crippen LogP contribution in [0, 0.1) is 0 Å². The summed E-state index contributed by atoms with van der Waals surface area (Å²) in [6, 6.07) is 16.2. The van der Waals surface area contributed by atoms with Crippen LogP contribution in [0.15, 0.2) is 60.9 Å². The fourth-order valence-electron chi connectivity index (χ4n) is 3.48. The molecular weight excluding hydrogens is 336 g/mol. The van der Waals surface area contributed by atoms with Crippen LogP contribution in [0.1, 0.15) is 24.5 Å². The van der Waals surface area contributed by atoms with E-state index in [4.69, 9.17) is 0 Å². The third-order valence-electron chi connectivity index (χ3n) is 4.97. The lowest BCUT2D eigenvalue weighted by Gasteiger charge is -2.29. The average Bonchev–Trinajstić information content (AvgIpc) is 3.17. The molecular formula is C22H24N4O. The van der Waals surface area contributed by atoms with Crippen LogP contribution in [0.25, 0.3) is 11.1 Å². The van der Waals surface area contributed by atoms with E-state index in [1.54, 1.807) is 0 Å². The van der Waals surface area contributed by atoms with Gasteiger partial charge in [-0.15, -0.1) is 0 Å². The van der Waals surface area contributed by atoms with Gasteiger partial charge in [0.15, 0.2) is 0 Å². The molecule has 1 aromatic heterocycles. The van der Waals surface area contributed by atoms with Crippen molar-refractivity contribution in [2.75, 3.05) is 11.9 Å². The molecule has 2 amide bonds. The van der Waals surface area contributed by atoms with Gasteiger partial charge in [0, 0.05) is 37.1 Å². The van der Waals surface area contributed by atoms with Crippen LogP contribution in [0.3, 0.4) is 0 Å². The second-order valence-corrected chi connectivity index (χ2v) is 6.94. The lowest BCUT2D eigenvalue weighted by molar-refractivity contribution is 0.206. The fourth-order valence-corrected chi connectivity index (χ4v) is 3.48. The summed E-state index contributed by atoms with van der Waals surface area (Å²) in [4.78, 5) is 14.5. The number of carbonyl (C=O) groups is 1. The maximum Gasteiger partial charge on any atom is 0.322 e. The van der Waals surface area contributed by atoms with Gasteiger partial charge >= 0.3 is 6.03 Å². The number of hydrogen-bond acceptors (Lipinski definition) is 2. The van der Waals surface area contributed by atoms with Gasteiger partial charge in [0.25, 0.3) is 0 Å². The standard InChI is InChI=1S/C22H24N4O/c1-2-12-26-16-20(14-23-26)18-7-9-21(10-8-18)24-22(27)25-13-11-17-5-3-4-6-19(17)15-25/h3-10,14,16H,2,11-13,15H2,1H3,(H,24,27). The van der Waals surface area contributed by atoms with Crippen molar-refractivity contribution in [1.82, 2.24) is 14.7 Å². The van der Waals surface area contributed by atoms with Gasteiger partial charge in [0.1, 0.15) is 0 Å². The Morgan fingerprint density at radius 3 is 2.63 bits per heavy atom. The van der Waals surface area contributed by atoms with Gasteiger partial charge in [-0.05, 0) is 41.7 Å². The van der Waals surface area contributed by atoms with Crippen molar-refractivity contribution in [3.05, 3.63) is 72.1 Å². The molecule has 1 N–H and O–H groups in total. The predicted octanol–water partition coefficient (Wildman–Crippen LogP) is 4.55. The molecule has 0 radical (unpaired) electrons. The summed E-state index contributed by atoms with van der Waals surface area (Å²) in [5.41, 5.74) is 5.58. The first-order chi connectivity index (χ1) is 13.2. The summed E-state index contributed by atoms with van der Waals surface area (Å²) in [5, 5.41) is 7.39. The maximum absolute atomic E-state index is 12.6. The van der Waals surface area contributed by atoms with E-state index >= 15 is 0 Å². The molecule has 0 aliphatic carbocycles. The van der Waals surface area contributed by atoms with Gasteiger partial charge in [-0.1, -0.05) is 43.3 Å². The molecule has 0 unspecified atom stereocenters. The number of amides is 2. The van der Waals surface area contributed by atoms with E-state index in [1.807, 2.05) is 46.1 Å². The van der Waals surface area contributed by atoms with Crippen LogP contribution < -0.4 is 5.32 Å². The number of nitrogens with one attached hydrogen (secondary N) is 1. The Hall–Kier alpha value is -3.08. The largest absolute Gasteiger partial charge is 0.322 e. The number of benzene rings is 2. The van der Waals surface area contributed by atoms with E-state index in [1.165, 1.54) is 11.1 Å². The molecule has 1 aliphatic rings. The van der Waals surface area contributed by atoms with Crippen LogP contribution in [-0.2, 0) is 19.5 Å². The topological polar surface area (TPSA) is 50.2 Å². The Balaban J connectivity index is 1.40. The third kappa shape index (κ3) is 3.87. The predicted molar refractivity (Wildman–Crippen MR) is 108 cm³/mol. The molecule has 0 saturated heterocycles. The van der Waals surface area contributed by atoms with Crippen LogP contribution in [0.4, 0.5) is 10.5 Å². The fraction of sp³-hybridized carbons (Fsp3) is 0.273. The van der Waals surface area contributed by atoms with Crippen LogP contribution in [-0.4, -0.2) is 27.3 Å². The minimum atomic E-state index is -0.0481. The summed E-state index contributed by atoms with van der Waals surface area (Å²) in [6.07, 6.45) is 5.91. The molecule has 2 aromatic carbocycles. The number of nitrogens with zero attached hydrogens (tertiary/aromatic N) is 3. The maximum atomic E-state index is 12.6. The van der Waals surface area contributed by atoms with Gasteiger partial charge in [0.2, 0.25) is 0 Å². The first kappa shape index (κ1) is 17.3. The van der Waals surface area contributed by atoms with Gasteiger partial charge < -0.3 is 10.2 Å². The van der Waals surface area contributed by atoms with Gasteiger partial charge in [0.05, 0.1) is 6.20 Å². The summed E-state index contributed by atoms with van der Waals surface area (Å²) in [6.45, 7) is 4.47. The third-order valence-corrected chi connectivity index (χ3v) is 4.97. The summed E-state index contributed by atoms with van der Waals surface area (Å²) < 4.78 is 1.96. The Kier molecular flexibility index (Phi) is 4.92. The zero-order valence-corrected chi connectivity index (χ0v) is 15.6. The molecule has 0 fully saturated rings. The molecule has 3 aromatic rings. The highest BCUT2D eigenvalue weighted by Gasteiger charge is 2.20. The molecule has 0 spiro atoms. The van der Waals surface area contributed by atoms with Crippen molar-refractivity contribution in [1.29, 1.82) is 0 Å². The summed E-state index contributed by atoms with van der Waals surface area (Å²) in [7, 11) is 0. The van der Waals surface area contributed by atoms with E-state index < -0.39 is 0 Å². The molecule has 0 saturated carbocycles. The van der Waals surface area contributed by atoms with E-state index in [9.17, 15) is 4.79 Å². The number of anilines is 1. The molecule has 5 heteroatoms. The van der Waals surface area contributed by atoms with E-state index in [0.29, 0.717) is 6.54 Å². The Morgan fingerprint density at radius 2 is 1.85 bits per heavy atom. The van der Waals surface area contributed by atoms with E-state index in [0.717, 1.165) is 42.7 Å². The summed E-state index contributed by atoms with van der Waals surface area (Å²) in [5.74, 6) is 0. The number of rotatable bonds is 4. The first-order valence-corrected chi connectivity index (χ1v) is 9.48. The highest BCUT2D eigenvalue weighted by Crippen LogP contribution is 2.22. The van der Waals surface area contributed by atoms with Crippen molar-refractivity contribution in [3.63, 3.8) is 0 Å². The second-order valence-electron chi connectivity index (χ2n) is 6.94. The lowest BCUT2D eigenvalue weighted by atomic mass is 10.0. The monoisotopic (exact) mass is 360 g/mol. The molecule has 27 heavy (non-hydrogen) atoms. The molecule has 0 bridgehead atoms. The zero-order chi connectivity index (χ0) is 18.6. The van der Waals surface area contributed by atoms with Crippen LogP contribution in [0.2, 0.25) is 0 Å². The van der Waals surface area contributed by atoms with Gasteiger partial charge in [-0.3, -0.25) is 4.68 Å². The van der Waals surface area contributed by atoms with Gasteiger partial charge in [-0.2, -0.15) is 5.10 Å². The minimum Gasteiger partial charge on any atom is -0.320 e. The molecule has 5 nitrogen and oxygen atoms in total. The smallest absolute Gasteiger partial charge is 0.320 e. The number of hydrogen-bond donors (Lipinski definition) is 1. The number of fused-ring (bicyclic) bond motifs is 1. The van der Waals surface area contributed by atoms with Crippen molar-refractivity contribution in [3.8, 4) is 11.1 Å². The SMILES string of the molecule is CCCn1cc(-c2ccc(NC(=O)N3CCc4ccccc4C3)cc2)cn1. The molecule has 0 atom stereocenters. The van der Waals surface area contributed by atoms with E-state index in [2.05, 4.69) is 41.7 Å². The van der Waals surface area contributed by atoms with Gasteiger partial charge in [-0.25, -0.2) is 4.79 Å². The molecule has 2 heterocycles. The van der Waals surface area contributed by atoms with Crippen molar-refractivity contribution in [2.24, 2.45) is 0 Å². The van der Waals surface area contributed by atoms with E-state index in [-0.39, 0.29) is 6.03 Å². The Bertz CT molecular complexity index is 929. The van der Waals surface area contributed by atoms with Crippen LogP contribution in [0.5, 0.6) is 0 Å². The Morgan fingerprint density at radius 1 is 1.07 bits per heavy atom. The normalized spacial score (nSPS) is 13.3. The highest BCUT2D eigenvalue weighted by atomic mass is 16.2. The molecule has 138 valence electrons. The zero-order valence-electron chi connectivity index (χ0n) is 15.6. The quantitative estimate of drug-likeness (QED) is 0.742. The Labute approximate surface area is 159 Å². The van der Waals surface area contributed by atoms with Crippen LogP contribution >= 0.6 is 0 Å².